The predicted octanol–water partition coefficient (Wildman–Crippen LogP) is 4.31. The highest BCUT2D eigenvalue weighted by Gasteiger charge is 2.18. The van der Waals surface area contributed by atoms with Crippen molar-refractivity contribution in [3.63, 3.8) is 0 Å². The van der Waals surface area contributed by atoms with Crippen LogP contribution in [0.3, 0.4) is 0 Å². The second-order valence-electron chi connectivity index (χ2n) is 6.67. The number of ether oxygens (including phenoxy) is 3. The Morgan fingerprint density at radius 1 is 1.28 bits per heavy atom. The van der Waals surface area contributed by atoms with Crippen LogP contribution in [-0.4, -0.2) is 37.4 Å². The van der Waals surface area contributed by atoms with Crippen molar-refractivity contribution < 1.29 is 23.8 Å². The zero-order valence-electron chi connectivity index (χ0n) is 15.3. The third-order valence-corrected chi connectivity index (χ3v) is 3.64. The molecule has 0 aliphatic carbocycles. The van der Waals surface area contributed by atoms with E-state index in [9.17, 15) is 9.59 Å². The molecular formula is C18H26BrNO5. The standard InChI is InChI=1S/C18H26BrNO5/c1-12(20-17(22)25-18(2,3)4)7-6-10-24-15-11-13(19)8-9-14(15)16(21)23-5/h8-9,11-12H,6-7,10H2,1-5H3,(H,20,22)/t12-/m1/s1. The summed E-state index contributed by atoms with van der Waals surface area (Å²) in [5, 5.41) is 2.78. The van der Waals surface area contributed by atoms with Gasteiger partial charge in [-0.2, -0.15) is 0 Å². The van der Waals surface area contributed by atoms with Gasteiger partial charge in [0.2, 0.25) is 0 Å². The lowest BCUT2D eigenvalue weighted by atomic mass is 10.2. The molecule has 0 bridgehead atoms. The van der Waals surface area contributed by atoms with Gasteiger partial charge < -0.3 is 19.5 Å². The highest BCUT2D eigenvalue weighted by Crippen LogP contribution is 2.24. The number of carbonyl (C=O) groups is 2. The number of methoxy groups -OCH3 is 1. The molecule has 0 aliphatic heterocycles. The minimum absolute atomic E-state index is 0.0407. The van der Waals surface area contributed by atoms with Gasteiger partial charge in [-0.15, -0.1) is 0 Å². The van der Waals surface area contributed by atoms with Gasteiger partial charge in [0.05, 0.1) is 13.7 Å². The second-order valence-corrected chi connectivity index (χ2v) is 7.59. The summed E-state index contributed by atoms with van der Waals surface area (Å²) in [5.74, 6) is 0.0245. The molecule has 6 nitrogen and oxygen atoms in total. The number of rotatable bonds is 7. The van der Waals surface area contributed by atoms with Crippen LogP contribution < -0.4 is 10.1 Å². The van der Waals surface area contributed by atoms with Crippen LogP contribution in [0.1, 0.15) is 50.9 Å². The molecule has 0 saturated carbocycles. The van der Waals surface area contributed by atoms with Gasteiger partial charge in [-0.1, -0.05) is 15.9 Å². The highest BCUT2D eigenvalue weighted by molar-refractivity contribution is 9.10. The number of carbonyl (C=O) groups excluding carboxylic acids is 2. The highest BCUT2D eigenvalue weighted by atomic mass is 79.9. The number of esters is 1. The quantitative estimate of drug-likeness (QED) is 0.530. The smallest absolute Gasteiger partial charge is 0.407 e. The topological polar surface area (TPSA) is 73.9 Å². The summed E-state index contributed by atoms with van der Waals surface area (Å²) in [5.41, 5.74) is -0.136. The van der Waals surface area contributed by atoms with Crippen molar-refractivity contribution in [3.8, 4) is 5.75 Å². The summed E-state index contributed by atoms with van der Waals surface area (Å²) in [6, 6.07) is 5.10. The van der Waals surface area contributed by atoms with Gasteiger partial charge in [-0.05, 0) is 58.7 Å². The van der Waals surface area contributed by atoms with Crippen molar-refractivity contribution >= 4 is 28.0 Å². The lowest BCUT2D eigenvalue weighted by Crippen LogP contribution is -2.37. The first-order chi connectivity index (χ1) is 11.6. The third kappa shape index (κ3) is 8.25. The first-order valence-corrected chi connectivity index (χ1v) is 8.92. The number of amides is 1. The minimum atomic E-state index is -0.516. The van der Waals surface area contributed by atoms with Gasteiger partial charge in [0.25, 0.3) is 0 Å². The lowest BCUT2D eigenvalue weighted by Gasteiger charge is -2.22. The Balaban J connectivity index is 2.44. The van der Waals surface area contributed by atoms with E-state index in [1.807, 2.05) is 27.7 Å². The van der Waals surface area contributed by atoms with Gasteiger partial charge in [0, 0.05) is 10.5 Å². The van der Waals surface area contributed by atoms with E-state index in [2.05, 4.69) is 21.2 Å². The summed E-state index contributed by atoms with van der Waals surface area (Å²) < 4.78 is 16.5. The van der Waals surface area contributed by atoms with Crippen LogP contribution in [0, 0.1) is 0 Å². The molecular weight excluding hydrogens is 390 g/mol. The van der Waals surface area contributed by atoms with Crippen molar-refractivity contribution in [3.05, 3.63) is 28.2 Å². The van der Waals surface area contributed by atoms with Crippen molar-refractivity contribution in [2.24, 2.45) is 0 Å². The van der Waals surface area contributed by atoms with Gasteiger partial charge >= 0.3 is 12.1 Å². The first-order valence-electron chi connectivity index (χ1n) is 8.12. The van der Waals surface area contributed by atoms with Crippen LogP contribution in [0.25, 0.3) is 0 Å². The number of benzene rings is 1. The molecule has 1 atom stereocenters. The Bertz CT molecular complexity index is 598. The Kier molecular flexibility index (Phi) is 8.22. The summed E-state index contributed by atoms with van der Waals surface area (Å²) in [7, 11) is 1.33. The molecule has 0 unspecified atom stereocenters. The molecule has 1 aromatic rings. The molecule has 0 spiro atoms. The third-order valence-electron chi connectivity index (χ3n) is 3.15. The molecule has 0 radical (unpaired) electrons. The fraction of sp³-hybridized carbons (Fsp3) is 0.556. The Hall–Kier alpha value is -1.76. The predicted molar refractivity (Wildman–Crippen MR) is 99.0 cm³/mol. The summed E-state index contributed by atoms with van der Waals surface area (Å²) in [6.07, 6.45) is 1.01. The number of hydrogen-bond donors (Lipinski definition) is 1. The summed E-state index contributed by atoms with van der Waals surface area (Å²) in [6.45, 7) is 7.79. The number of nitrogens with one attached hydrogen (secondary N) is 1. The van der Waals surface area contributed by atoms with E-state index in [4.69, 9.17) is 14.2 Å². The van der Waals surface area contributed by atoms with Crippen LogP contribution in [0.4, 0.5) is 4.79 Å². The average molecular weight is 416 g/mol. The zero-order valence-corrected chi connectivity index (χ0v) is 16.9. The van der Waals surface area contributed by atoms with Crippen LogP contribution in [-0.2, 0) is 9.47 Å². The molecule has 0 aromatic heterocycles. The molecule has 1 aromatic carbocycles. The van der Waals surface area contributed by atoms with Crippen LogP contribution in [0.5, 0.6) is 5.75 Å². The molecule has 7 heteroatoms. The average Bonchev–Trinajstić information content (AvgIpc) is 2.49. The van der Waals surface area contributed by atoms with E-state index >= 15 is 0 Å². The largest absolute Gasteiger partial charge is 0.493 e. The molecule has 0 aliphatic rings. The minimum Gasteiger partial charge on any atom is -0.493 e. The van der Waals surface area contributed by atoms with Crippen LogP contribution in [0.15, 0.2) is 22.7 Å². The van der Waals surface area contributed by atoms with Crippen LogP contribution >= 0.6 is 15.9 Å². The molecule has 0 heterocycles. The SMILES string of the molecule is COC(=O)c1ccc(Br)cc1OCCC[C@@H](C)NC(=O)OC(C)(C)C. The fourth-order valence-corrected chi connectivity index (χ4v) is 2.39. The normalized spacial score (nSPS) is 12.2. The van der Waals surface area contributed by atoms with Crippen molar-refractivity contribution in [2.75, 3.05) is 13.7 Å². The number of halogens is 1. The number of alkyl carbamates (subject to hydrolysis) is 1. The lowest BCUT2D eigenvalue weighted by molar-refractivity contribution is 0.0503. The number of hydrogen-bond acceptors (Lipinski definition) is 5. The van der Waals surface area contributed by atoms with E-state index in [1.54, 1.807) is 18.2 Å². The van der Waals surface area contributed by atoms with E-state index in [0.717, 1.165) is 10.9 Å². The molecule has 0 saturated heterocycles. The molecule has 1 rings (SSSR count). The summed E-state index contributed by atoms with van der Waals surface area (Å²) in [4.78, 5) is 23.4. The monoisotopic (exact) mass is 415 g/mol. The van der Waals surface area contributed by atoms with Gasteiger partial charge in [0.1, 0.15) is 16.9 Å². The maximum atomic E-state index is 11.7. The zero-order chi connectivity index (χ0) is 19.0. The maximum Gasteiger partial charge on any atom is 0.407 e. The van der Waals surface area contributed by atoms with E-state index in [0.29, 0.717) is 24.3 Å². The molecule has 140 valence electrons. The van der Waals surface area contributed by atoms with Gasteiger partial charge in [0.15, 0.2) is 0 Å². The van der Waals surface area contributed by atoms with Crippen LogP contribution in [0.2, 0.25) is 0 Å². The molecule has 25 heavy (non-hydrogen) atoms. The summed E-state index contributed by atoms with van der Waals surface area (Å²) >= 11 is 3.36. The Labute approximate surface area is 157 Å². The van der Waals surface area contributed by atoms with Gasteiger partial charge in [-0.25, -0.2) is 9.59 Å². The molecule has 0 fully saturated rings. The second kappa shape index (κ2) is 9.65. The van der Waals surface area contributed by atoms with Crippen molar-refractivity contribution in [2.45, 2.75) is 52.2 Å². The van der Waals surface area contributed by atoms with Crippen molar-refractivity contribution in [1.82, 2.24) is 5.32 Å². The van der Waals surface area contributed by atoms with E-state index in [1.165, 1.54) is 7.11 Å². The Morgan fingerprint density at radius 2 is 1.96 bits per heavy atom. The molecule has 1 N–H and O–H groups in total. The van der Waals surface area contributed by atoms with Crippen molar-refractivity contribution in [1.29, 1.82) is 0 Å². The molecule has 1 amide bonds. The van der Waals surface area contributed by atoms with Gasteiger partial charge in [-0.3, -0.25) is 0 Å². The van der Waals surface area contributed by atoms with E-state index < -0.39 is 17.7 Å². The Morgan fingerprint density at radius 3 is 2.56 bits per heavy atom. The maximum absolute atomic E-state index is 11.7. The van der Waals surface area contributed by atoms with E-state index in [-0.39, 0.29) is 6.04 Å². The first kappa shape index (κ1) is 21.3. The fourth-order valence-electron chi connectivity index (χ4n) is 2.05.